The van der Waals surface area contributed by atoms with E-state index < -0.39 is 17.7 Å². The number of para-hydroxylation sites is 1. The molecule has 1 N–H and O–H groups in total. The molecule has 0 saturated carbocycles. The van der Waals surface area contributed by atoms with Gasteiger partial charge < -0.3 is 19.5 Å². The minimum atomic E-state index is -0.643. The number of hydrogen-bond donors (Lipinski definition) is 1. The molecule has 0 bridgehead atoms. The number of carbonyl (C=O) groups excluding carboxylic acids is 2. The number of hydrogen-bond acceptors (Lipinski definition) is 5. The summed E-state index contributed by atoms with van der Waals surface area (Å²) in [6, 6.07) is 9.53. The molecule has 6 heteroatoms. The van der Waals surface area contributed by atoms with Crippen molar-refractivity contribution in [2.75, 3.05) is 6.54 Å². The lowest BCUT2D eigenvalue weighted by Crippen LogP contribution is -2.37. The van der Waals surface area contributed by atoms with Crippen LogP contribution in [-0.4, -0.2) is 36.4 Å². The van der Waals surface area contributed by atoms with Crippen LogP contribution < -0.4 is 10.1 Å². The molecular weight excluding hydrogens is 370 g/mol. The van der Waals surface area contributed by atoms with Crippen LogP contribution in [0.25, 0.3) is 0 Å². The second-order valence-electron chi connectivity index (χ2n) is 7.85. The summed E-state index contributed by atoms with van der Waals surface area (Å²) >= 11 is 0. The smallest absolute Gasteiger partial charge is 0.408 e. The van der Waals surface area contributed by atoms with Crippen LogP contribution in [0, 0.1) is 0 Å². The Labute approximate surface area is 176 Å². The summed E-state index contributed by atoms with van der Waals surface area (Å²) in [5, 5.41) is 2.38. The first kappa shape index (κ1) is 26.8. The molecule has 0 aliphatic carbocycles. The second-order valence-corrected chi connectivity index (χ2v) is 7.85. The van der Waals surface area contributed by atoms with Crippen molar-refractivity contribution < 1.29 is 23.8 Å². The lowest BCUT2D eigenvalue weighted by Gasteiger charge is -2.22. The number of rotatable bonds is 9. The fourth-order valence-electron chi connectivity index (χ4n) is 2.13. The lowest BCUT2D eigenvalue weighted by atomic mass is 10.1. The molecule has 2 unspecified atom stereocenters. The van der Waals surface area contributed by atoms with Crippen LogP contribution in [0.4, 0.5) is 4.79 Å². The van der Waals surface area contributed by atoms with Crippen molar-refractivity contribution in [2.45, 2.75) is 92.0 Å². The molecule has 0 aliphatic rings. The van der Waals surface area contributed by atoms with Gasteiger partial charge in [-0.3, -0.25) is 4.79 Å². The lowest BCUT2D eigenvalue weighted by molar-refractivity contribution is -0.148. The Hall–Kier alpha value is -2.24. The van der Waals surface area contributed by atoms with Gasteiger partial charge in [-0.2, -0.15) is 0 Å². The molecule has 6 nitrogen and oxygen atoms in total. The van der Waals surface area contributed by atoms with Crippen LogP contribution >= 0.6 is 0 Å². The number of nitrogens with one attached hydrogen (secondary N) is 1. The molecule has 0 radical (unpaired) electrons. The van der Waals surface area contributed by atoms with E-state index in [1.807, 2.05) is 44.2 Å². The molecule has 1 aromatic carbocycles. The summed E-state index contributed by atoms with van der Waals surface area (Å²) in [4.78, 5) is 23.3. The third kappa shape index (κ3) is 15.4. The van der Waals surface area contributed by atoms with Gasteiger partial charge in [0.15, 0.2) is 0 Å². The Morgan fingerprint density at radius 1 is 1.03 bits per heavy atom. The highest BCUT2D eigenvalue weighted by Gasteiger charge is 2.19. The average molecular weight is 410 g/mol. The van der Waals surface area contributed by atoms with Gasteiger partial charge in [-0.25, -0.2) is 4.79 Å². The minimum Gasteiger partial charge on any atom is -0.490 e. The predicted molar refractivity (Wildman–Crippen MR) is 116 cm³/mol. The van der Waals surface area contributed by atoms with Crippen LogP contribution in [0.3, 0.4) is 0 Å². The zero-order valence-electron chi connectivity index (χ0n) is 19.1. The highest BCUT2D eigenvalue weighted by atomic mass is 16.6. The summed E-state index contributed by atoms with van der Waals surface area (Å²) in [6.07, 6.45) is 3.00. The van der Waals surface area contributed by atoms with Gasteiger partial charge in [0.1, 0.15) is 30.1 Å². The first-order valence-electron chi connectivity index (χ1n) is 10.5. The zero-order chi connectivity index (χ0) is 22.3. The maximum absolute atomic E-state index is 11.8. The molecule has 1 rings (SSSR count). The Balaban J connectivity index is 0.00000178. The zero-order valence-corrected chi connectivity index (χ0v) is 19.1. The van der Waals surface area contributed by atoms with E-state index in [0.29, 0.717) is 6.42 Å². The largest absolute Gasteiger partial charge is 0.490 e. The molecule has 1 amide bonds. The van der Waals surface area contributed by atoms with Crippen molar-refractivity contribution in [1.82, 2.24) is 5.32 Å². The quantitative estimate of drug-likeness (QED) is 0.545. The summed E-state index contributed by atoms with van der Waals surface area (Å²) in [5.74, 6) is 0.285. The number of unbranched alkanes of at least 4 members (excludes halogenated alkanes) is 1. The SMILES string of the molecule is CCC(CC(C)OC(=O)CNC(=O)OC(C)(C)C)Oc1ccccc1.CCCC. The molecule has 0 fully saturated rings. The van der Waals surface area contributed by atoms with E-state index in [2.05, 4.69) is 19.2 Å². The van der Waals surface area contributed by atoms with Crippen molar-refractivity contribution in [3.05, 3.63) is 30.3 Å². The van der Waals surface area contributed by atoms with Gasteiger partial charge in [0.05, 0.1) is 0 Å². The molecule has 0 aromatic heterocycles. The number of carbonyl (C=O) groups is 2. The van der Waals surface area contributed by atoms with Crippen molar-refractivity contribution in [1.29, 1.82) is 0 Å². The minimum absolute atomic E-state index is 0.0518. The van der Waals surface area contributed by atoms with Gasteiger partial charge >= 0.3 is 12.1 Å². The molecule has 166 valence electrons. The van der Waals surface area contributed by atoms with Gasteiger partial charge in [-0.05, 0) is 46.2 Å². The second kappa shape index (κ2) is 14.7. The molecule has 2 atom stereocenters. The number of ether oxygens (including phenoxy) is 3. The highest BCUT2D eigenvalue weighted by molar-refractivity contribution is 5.78. The molecular formula is C23H39NO5. The number of benzene rings is 1. The van der Waals surface area contributed by atoms with Gasteiger partial charge in [-0.15, -0.1) is 0 Å². The van der Waals surface area contributed by atoms with E-state index in [-0.39, 0.29) is 18.8 Å². The molecule has 0 aliphatic heterocycles. The van der Waals surface area contributed by atoms with Crippen molar-refractivity contribution in [2.24, 2.45) is 0 Å². The van der Waals surface area contributed by atoms with E-state index in [1.54, 1.807) is 20.8 Å². The van der Waals surface area contributed by atoms with Crippen LogP contribution in [0.5, 0.6) is 5.75 Å². The molecule has 0 saturated heterocycles. The highest BCUT2D eigenvalue weighted by Crippen LogP contribution is 2.16. The average Bonchev–Trinajstić information content (AvgIpc) is 2.65. The molecule has 0 spiro atoms. The Morgan fingerprint density at radius 3 is 2.10 bits per heavy atom. The Kier molecular flexibility index (Phi) is 13.6. The number of esters is 1. The summed E-state index contributed by atoms with van der Waals surface area (Å²) in [5.41, 5.74) is -0.607. The first-order valence-corrected chi connectivity index (χ1v) is 10.5. The normalized spacial score (nSPS) is 12.7. The van der Waals surface area contributed by atoms with Crippen LogP contribution in [0.2, 0.25) is 0 Å². The Morgan fingerprint density at radius 2 is 1.62 bits per heavy atom. The van der Waals surface area contributed by atoms with Gasteiger partial charge in [-0.1, -0.05) is 51.8 Å². The summed E-state index contributed by atoms with van der Waals surface area (Å²) in [7, 11) is 0. The van der Waals surface area contributed by atoms with Crippen molar-refractivity contribution >= 4 is 12.1 Å². The van der Waals surface area contributed by atoms with E-state index in [1.165, 1.54) is 12.8 Å². The van der Waals surface area contributed by atoms with E-state index in [0.717, 1.165) is 12.2 Å². The maximum atomic E-state index is 11.8. The number of amides is 1. The summed E-state index contributed by atoms with van der Waals surface area (Å²) in [6.45, 7) is 13.2. The fraction of sp³-hybridized carbons (Fsp3) is 0.652. The fourth-order valence-corrected chi connectivity index (χ4v) is 2.13. The van der Waals surface area contributed by atoms with E-state index in [9.17, 15) is 9.59 Å². The summed E-state index contributed by atoms with van der Waals surface area (Å²) < 4.78 is 16.3. The number of alkyl carbamates (subject to hydrolysis) is 1. The monoisotopic (exact) mass is 409 g/mol. The van der Waals surface area contributed by atoms with Crippen molar-refractivity contribution in [3.63, 3.8) is 0 Å². The molecule has 0 heterocycles. The van der Waals surface area contributed by atoms with Gasteiger partial charge in [0.2, 0.25) is 0 Å². The molecule has 1 aromatic rings. The van der Waals surface area contributed by atoms with Gasteiger partial charge in [0, 0.05) is 6.42 Å². The third-order valence-electron chi connectivity index (χ3n) is 3.70. The predicted octanol–water partition coefficient (Wildman–Crippen LogP) is 5.50. The molecule has 29 heavy (non-hydrogen) atoms. The van der Waals surface area contributed by atoms with Crippen LogP contribution in [0.15, 0.2) is 30.3 Å². The third-order valence-corrected chi connectivity index (χ3v) is 3.70. The Bertz CT molecular complexity index is 566. The van der Waals surface area contributed by atoms with E-state index in [4.69, 9.17) is 14.2 Å². The van der Waals surface area contributed by atoms with Crippen LogP contribution in [0.1, 0.15) is 74.1 Å². The van der Waals surface area contributed by atoms with Gasteiger partial charge in [0.25, 0.3) is 0 Å². The van der Waals surface area contributed by atoms with Crippen molar-refractivity contribution in [3.8, 4) is 5.75 Å². The van der Waals surface area contributed by atoms with Crippen LogP contribution in [-0.2, 0) is 14.3 Å². The topological polar surface area (TPSA) is 73.9 Å². The first-order chi connectivity index (χ1) is 13.6. The van der Waals surface area contributed by atoms with E-state index >= 15 is 0 Å². The maximum Gasteiger partial charge on any atom is 0.408 e. The standard InChI is InChI=1S/C19H29NO5.C4H10/c1-6-15(24-16-10-8-7-9-11-16)12-14(2)23-17(21)13-20-18(22)25-19(3,4)5;1-3-4-2/h7-11,14-15H,6,12-13H2,1-5H3,(H,20,22);3-4H2,1-2H3.